The van der Waals surface area contributed by atoms with E-state index in [2.05, 4.69) is 6.92 Å². The first-order valence-corrected chi connectivity index (χ1v) is 11.2. The fraction of sp³-hybridized carbons (Fsp3) is 0.684. The maximum Gasteiger partial charge on any atom is 0.242 e. The zero-order chi connectivity index (χ0) is 20.4. The monoisotopic (exact) mass is 400 g/mol. The molecule has 27 heavy (non-hydrogen) atoms. The summed E-state index contributed by atoms with van der Waals surface area (Å²) in [5.74, 6) is -0.306. The molecular formula is C19H32N2O5S. The van der Waals surface area contributed by atoms with Crippen LogP contribution in [-0.4, -0.2) is 24.5 Å². The number of primary sulfonamides is 1. The lowest BCUT2D eigenvalue weighted by atomic mass is 9.92. The summed E-state index contributed by atoms with van der Waals surface area (Å²) < 4.78 is 23.5. The third kappa shape index (κ3) is 8.26. The van der Waals surface area contributed by atoms with Crippen LogP contribution in [0.5, 0.6) is 5.75 Å². The number of hydrogen-bond donors (Lipinski definition) is 2. The molecule has 0 spiro atoms. The Bertz CT molecular complexity index is 706. The Morgan fingerprint density at radius 2 is 1.81 bits per heavy atom. The lowest BCUT2D eigenvalue weighted by Crippen LogP contribution is -2.26. The molecule has 0 aliphatic carbocycles. The second-order valence-electron chi connectivity index (χ2n) is 7.35. The molecule has 7 nitrogen and oxygen atoms in total. The van der Waals surface area contributed by atoms with Gasteiger partial charge in [0.2, 0.25) is 16.1 Å². The molecule has 0 aliphatic heterocycles. The fourth-order valence-electron chi connectivity index (χ4n) is 3.41. The second-order valence-corrected chi connectivity index (χ2v) is 8.85. The number of aromatic hydroxyl groups is 1. The largest absolute Gasteiger partial charge is 0.507 e. The molecule has 1 aromatic rings. The first-order chi connectivity index (χ1) is 12.7. The summed E-state index contributed by atoms with van der Waals surface area (Å²) in [5, 5.41) is 26.5. The summed E-state index contributed by atoms with van der Waals surface area (Å²) in [6.45, 7) is 4.17. The number of nitrogens with two attached hydrogens (primary N) is 1. The van der Waals surface area contributed by atoms with Gasteiger partial charge in [-0.15, -0.1) is 0 Å². The van der Waals surface area contributed by atoms with E-state index in [0.29, 0.717) is 6.42 Å². The summed E-state index contributed by atoms with van der Waals surface area (Å²) in [6, 6.07) is 3.23. The molecule has 0 saturated heterocycles. The van der Waals surface area contributed by atoms with Gasteiger partial charge in [0.25, 0.3) is 0 Å². The van der Waals surface area contributed by atoms with Crippen LogP contribution in [0.2, 0.25) is 0 Å². The summed E-state index contributed by atoms with van der Waals surface area (Å²) in [7, 11) is -4.16. The molecular weight excluding hydrogens is 368 g/mol. The van der Waals surface area contributed by atoms with Crippen molar-refractivity contribution in [2.45, 2.75) is 82.6 Å². The van der Waals surface area contributed by atoms with Crippen LogP contribution in [0.15, 0.2) is 23.1 Å². The predicted octanol–water partition coefficient (Wildman–Crippen LogP) is 4.00. The van der Waals surface area contributed by atoms with Gasteiger partial charge in [-0.2, -0.15) is 0 Å². The van der Waals surface area contributed by atoms with Crippen molar-refractivity contribution in [3.05, 3.63) is 33.9 Å². The van der Waals surface area contributed by atoms with Gasteiger partial charge in [0, 0.05) is 17.8 Å². The SMILES string of the molecule is CCCCCCCCC(C)CC(Cc1cccc(O)c1S(N)(=O)=O)[N+](=O)[O-]. The third-order valence-electron chi connectivity index (χ3n) is 4.84. The Balaban J connectivity index is 2.71. The highest BCUT2D eigenvalue weighted by Gasteiger charge is 2.28. The van der Waals surface area contributed by atoms with Crippen molar-refractivity contribution in [1.82, 2.24) is 0 Å². The number of phenolic OH excluding ortho intramolecular Hbond substituents is 1. The van der Waals surface area contributed by atoms with E-state index in [1.54, 1.807) is 0 Å². The van der Waals surface area contributed by atoms with Gasteiger partial charge in [-0.3, -0.25) is 10.1 Å². The van der Waals surface area contributed by atoms with Gasteiger partial charge in [0.05, 0.1) is 0 Å². The minimum atomic E-state index is -4.16. The molecule has 0 aromatic heterocycles. The Morgan fingerprint density at radius 1 is 1.19 bits per heavy atom. The second kappa shape index (κ2) is 11.2. The highest BCUT2D eigenvalue weighted by molar-refractivity contribution is 7.89. The van der Waals surface area contributed by atoms with E-state index < -0.39 is 26.7 Å². The number of unbranched alkanes of at least 4 members (excludes halogenated alkanes) is 5. The predicted molar refractivity (Wildman–Crippen MR) is 106 cm³/mol. The minimum absolute atomic E-state index is 0.0754. The molecule has 0 bridgehead atoms. The van der Waals surface area contributed by atoms with Crippen molar-refractivity contribution in [3.63, 3.8) is 0 Å². The number of phenols is 1. The molecule has 2 unspecified atom stereocenters. The van der Waals surface area contributed by atoms with E-state index in [1.165, 1.54) is 43.9 Å². The van der Waals surface area contributed by atoms with E-state index in [0.717, 1.165) is 19.3 Å². The molecule has 0 fully saturated rings. The van der Waals surface area contributed by atoms with Crippen molar-refractivity contribution in [2.24, 2.45) is 11.1 Å². The van der Waals surface area contributed by atoms with Gasteiger partial charge < -0.3 is 5.11 Å². The van der Waals surface area contributed by atoms with Gasteiger partial charge >= 0.3 is 0 Å². The Morgan fingerprint density at radius 3 is 2.41 bits per heavy atom. The van der Waals surface area contributed by atoms with E-state index in [-0.39, 0.29) is 22.8 Å². The minimum Gasteiger partial charge on any atom is -0.507 e. The van der Waals surface area contributed by atoms with Crippen LogP contribution in [0.1, 0.15) is 70.8 Å². The highest BCUT2D eigenvalue weighted by atomic mass is 32.2. The van der Waals surface area contributed by atoms with Crippen LogP contribution in [0.25, 0.3) is 0 Å². The number of rotatable bonds is 13. The van der Waals surface area contributed by atoms with Crippen LogP contribution in [0.4, 0.5) is 0 Å². The van der Waals surface area contributed by atoms with E-state index in [9.17, 15) is 23.6 Å². The summed E-state index contributed by atoms with van der Waals surface area (Å²) in [5.41, 5.74) is 0.186. The average molecular weight is 401 g/mol. The summed E-state index contributed by atoms with van der Waals surface area (Å²) in [6.07, 6.45) is 8.26. The maximum absolute atomic E-state index is 11.7. The lowest BCUT2D eigenvalue weighted by molar-refractivity contribution is -0.524. The first kappa shape index (κ1) is 23.4. The summed E-state index contributed by atoms with van der Waals surface area (Å²) >= 11 is 0. The van der Waals surface area contributed by atoms with Gasteiger partial charge in [-0.05, 0) is 17.5 Å². The Kier molecular flexibility index (Phi) is 9.73. The van der Waals surface area contributed by atoms with Crippen molar-refractivity contribution in [3.8, 4) is 5.75 Å². The van der Waals surface area contributed by atoms with Crippen molar-refractivity contribution in [1.29, 1.82) is 0 Å². The number of benzene rings is 1. The van der Waals surface area contributed by atoms with Gasteiger partial charge in [0.1, 0.15) is 10.6 Å². The van der Waals surface area contributed by atoms with Crippen molar-refractivity contribution >= 4 is 10.0 Å². The Labute approximate surface area is 162 Å². The molecule has 1 aromatic carbocycles. The third-order valence-corrected chi connectivity index (χ3v) is 5.88. The smallest absolute Gasteiger partial charge is 0.242 e. The zero-order valence-electron chi connectivity index (χ0n) is 16.3. The molecule has 0 aliphatic rings. The van der Waals surface area contributed by atoms with Crippen LogP contribution in [0, 0.1) is 16.0 Å². The van der Waals surface area contributed by atoms with Gasteiger partial charge in [-0.25, -0.2) is 13.6 Å². The van der Waals surface area contributed by atoms with E-state index >= 15 is 0 Å². The molecule has 0 amide bonds. The van der Waals surface area contributed by atoms with E-state index in [4.69, 9.17) is 5.14 Å². The molecule has 0 saturated carbocycles. The van der Waals surface area contributed by atoms with Crippen molar-refractivity contribution in [2.75, 3.05) is 0 Å². The standard InChI is InChI=1S/C19H32N2O5S/c1-3-4-5-6-7-8-10-15(2)13-17(21(23)24)14-16-11-9-12-18(22)19(16)27(20,25)26/h9,11-12,15,17,22H,3-8,10,13-14H2,1-2H3,(H2,20,25,26). The Hall–Kier alpha value is -1.67. The van der Waals surface area contributed by atoms with Crippen molar-refractivity contribution < 1.29 is 18.4 Å². The van der Waals surface area contributed by atoms with Crippen LogP contribution < -0.4 is 5.14 Å². The normalized spacial score (nSPS) is 14.0. The van der Waals surface area contributed by atoms with Crippen LogP contribution >= 0.6 is 0 Å². The lowest BCUT2D eigenvalue weighted by Gasteiger charge is -2.17. The topological polar surface area (TPSA) is 124 Å². The number of nitro groups is 1. The zero-order valence-corrected chi connectivity index (χ0v) is 17.1. The molecule has 154 valence electrons. The molecule has 8 heteroatoms. The maximum atomic E-state index is 11.7. The van der Waals surface area contributed by atoms with Crippen LogP contribution in [0.3, 0.4) is 0 Å². The number of hydrogen-bond acceptors (Lipinski definition) is 5. The number of sulfonamides is 1. The van der Waals surface area contributed by atoms with Gasteiger partial charge in [0.15, 0.2) is 0 Å². The summed E-state index contributed by atoms with van der Waals surface area (Å²) in [4.78, 5) is 10.7. The van der Waals surface area contributed by atoms with E-state index in [1.807, 2.05) is 6.92 Å². The molecule has 0 heterocycles. The molecule has 0 radical (unpaired) electrons. The molecule has 1 rings (SSSR count). The fourth-order valence-corrected chi connectivity index (χ4v) is 4.29. The van der Waals surface area contributed by atoms with Gasteiger partial charge in [-0.1, -0.05) is 70.9 Å². The highest BCUT2D eigenvalue weighted by Crippen LogP contribution is 2.28. The first-order valence-electron chi connectivity index (χ1n) is 9.64. The van der Waals surface area contributed by atoms with Crippen LogP contribution in [-0.2, 0) is 16.4 Å². The molecule has 3 N–H and O–H groups in total. The average Bonchev–Trinajstić information content (AvgIpc) is 2.56. The number of nitrogens with zero attached hydrogens (tertiary/aromatic N) is 1. The molecule has 2 atom stereocenters. The quantitative estimate of drug-likeness (QED) is 0.294.